The van der Waals surface area contributed by atoms with Crippen LogP contribution < -0.4 is 10.6 Å². The van der Waals surface area contributed by atoms with E-state index in [9.17, 15) is 9.59 Å². The lowest BCUT2D eigenvalue weighted by molar-refractivity contribution is -0.112. The number of rotatable bonds is 9. The molecule has 3 aromatic carbocycles. The lowest BCUT2D eigenvalue weighted by Crippen LogP contribution is -2.34. The number of nitrogens with one attached hydrogen (secondary N) is 2. The lowest BCUT2D eigenvalue weighted by atomic mass is 10.1. The standard InChI is InChI=1S/C29H31N3O2S/c1-21(2)32(20-23-12-7-4-8-13-23)17-9-16-30-28(33)24-14-15-26-25(19-24)31-29(34)27(35-26)18-22-10-5-3-6-11-22/h3-8,10-15,18-19,21H,9,16-17,20H2,1-2H3,(H,30,33)(H,31,34)/b27-18-. The summed E-state index contributed by atoms with van der Waals surface area (Å²) in [5.41, 5.74) is 3.49. The molecule has 2 N–H and O–H groups in total. The Kier molecular flexibility index (Phi) is 8.40. The highest BCUT2D eigenvalue weighted by Gasteiger charge is 2.22. The van der Waals surface area contributed by atoms with E-state index in [4.69, 9.17) is 0 Å². The SMILES string of the molecule is CC(C)N(CCCNC(=O)c1ccc2c(c1)NC(=O)/C(=C/c1ccccc1)S2)Cc1ccccc1. The fourth-order valence-corrected chi connectivity index (χ4v) is 4.86. The van der Waals surface area contributed by atoms with E-state index in [1.54, 1.807) is 6.07 Å². The lowest BCUT2D eigenvalue weighted by Gasteiger charge is -2.26. The molecule has 0 spiro atoms. The van der Waals surface area contributed by atoms with Gasteiger partial charge in [-0.25, -0.2) is 0 Å². The molecule has 0 atom stereocenters. The Morgan fingerprint density at radius 1 is 1.03 bits per heavy atom. The fourth-order valence-electron chi connectivity index (χ4n) is 3.93. The van der Waals surface area contributed by atoms with Crippen LogP contribution >= 0.6 is 11.8 Å². The third kappa shape index (κ3) is 6.84. The van der Waals surface area contributed by atoms with Crippen molar-refractivity contribution in [3.63, 3.8) is 0 Å². The first-order valence-electron chi connectivity index (χ1n) is 12.0. The number of hydrogen-bond donors (Lipinski definition) is 2. The van der Waals surface area contributed by atoms with E-state index in [1.807, 2.05) is 54.6 Å². The molecule has 35 heavy (non-hydrogen) atoms. The second kappa shape index (κ2) is 11.9. The van der Waals surface area contributed by atoms with Crippen LogP contribution in [0.5, 0.6) is 0 Å². The summed E-state index contributed by atoms with van der Waals surface area (Å²) >= 11 is 1.42. The van der Waals surface area contributed by atoms with Gasteiger partial charge in [-0.1, -0.05) is 72.4 Å². The minimum Gasteiger partial charge on any atom is -0.352 e. The molecule has 0 saturated heterocycles. The van der Waals surface area contributed by atoms with E-state index in [2.05, 4.69) is 53.6 Å². The van der Waals surface area contributed by atoms with E-state index in [0.29, 0.717) is 28.7 Å². The largest absolute Gasteiger partial charge is 0.352 e. The van der Waals surface area contributed by atoms with Gasteiger partial charge in [0.05, 0.1) is 10.6 Å². The maximum absolute atomic E-state index is 12.7. The predicted octanol–water partition coefficient (Wildman–Crippen LogP) is 5.80. The Hall–Kier alpha value is -3.35. The maximum atomic E-state index is 12.7. The molecule has 0 aliphatic carbocycles. The number of amides is 2. The number of fused-ring (bicyclic) bond motifs is 1. The van der Waals surface area contributed by atoms with Crippen LogP contribution in [0, 0.1) is 0 Å². The number of carbonyl (C=O) groups excluding carboxylic acids is 2. The monoisotopic (exact) mass is 485 g/mol. The Balaban J connectivity index is 1.31. The van der Waals surface area contributed by atoms with Crippen molar-refractivity contribution in [2.24, 2.45) is 0 Å². The van der Waals surface area contributed by atoms with Gasteiger partial charge in [0.25, 0.3) is 11.8 Å². The molecule has 0 radical (unpaired) electrons. The highest BCUT2D eigenvalue weighted by Crippen LogP contribution is 2.39. The first-order chi connectivity index (χ1) is 17.0. The van der Waals surface area contributed by atoms with Crippen LogP contribution in [0.2, 0.25) is 0 Å². The Labute approximate surface area is 211 Å². The molecule has 0 unspecified atom stereocenters. The first-order valence-corrected chi connectivity index (χ1v) is 12.8. The predicted molar refractivity (Wildman–Crippen MR) is 144 cm³/mol. The smallest absolute Gasteiger partial charge is 0.262 e. The van der Waals surface area contributed by atoms with Crippen LogP contribution in [0.3, 0.4) is 0 Å². The molecule has 0 aromatic heterocycles. The van der Waals surface area contributed by atoms with Crippen molar-refractivity contribution in [2.45, 2.75) is 37.8 Å². The van der Waals surface area contributed by atoms with Crippen molar-refractivity contribution < 1.29 is 9.59 Å². The minimum atomic E-state index is -0.156. The molecule has 4 rings (SSSR count). The van der Waals surface area contributed by atoms with Gasteiger partial charge in [-0.15, -0.1) is 0 Å². The van der Waals surface area contributed by atoms with Crippen molar-refractivity contribution in [3.8, 4) is 0 Å². The van der Waals surface area contributed by atoms with E-state index in [0.717, 1.165) is 30.0 Å². The molecule has 6 heteroatoms. The molecule has 5 nitrogen and oxygen atoms in total. The normalized spacial score (nSPS) is 14.2. The molecule has 1 aliphatic heterocycles. The molecule has 3 aromatic rings. The Morgan fingerprint density at radius 3 is 2.46 bits per heavy atom. The summed E-state index contributed by atoms with van der Waals surface area (Å²) in [7, 11) is 0. The van der Waals surface area contributed by atoms with Crippen LogP contribution in [0.15, 0.2) is 88.7 Å². The van der Waals surface area contributed by atoms with Gasteiger partial charge >= 0.3 is 0 Å². The van der Waals surface area contributed by atoms with Crippen LogP contribution in [-0.4, -0.2) is 35.8 Å². The van der Waals surface area contributed by atoms with Gasteiger partial charge < -0.3 is 10.6 Å². The summed E-state index contributed by atoms with van der Waals surface area (Å²) in [5, 5.41) is 5.95. The zero-order valence-electron chi connectivity index (χ0n) is 20.2. The molecule has 1 heterocycles. The van der Waals surface area contributed by atoms with E-state index in [-0.39, 0.29) is 11.8 Å². The van der Waals surface area contributed by atoms with Gasteiger partial charge in [-0.2, -0.15) is 0 Å². The fraction of sp³-hybridized carbons (Fsp3) is 0.241. The molecule has 0 saturated carbocycles. The summed E-state index contributed by atoms with van der Waals surface area (Å²) in [5.74, 6) is -0.284. The van der Waals surface area contributed by atoms with E-state index < -0.39 is 0 Å². The van der Waals surface area contributed by atoms with Crippen LogP contribution in [-0.2, 0) is 11.3 Å². The quantitative estimate of drug-likeness (QED) is 0.297. The summed E-state index contributed by atoms with van der Waals surface area (Å²) < 4.78 is 0. The Bertz CT molecular complexity index is 1190. The number of thioether (sulfide) groups is 1. The second-order valence-corrected chi connectivity index (χ2v) is 9.93. The van der Waals surface area contributed by atoms with Crippen molar-refractivity contribution in [3.05, 3.63) is 100 Å². The average molecular weight is 486 g/mol. The van der Waals surface area contributed by atoms with Gasteiger partial charge in [0.2, 0.25) is 0 Å². The van der Waals surface area contributed by atoms with Crippen molar-refractivity contribution in [1.29, 1.82) is 0 Å². The molecule has 180 valence electrons. The summed E-state index contributed by atoms with van der Waals surface area (Å²) in [4.78, 5) is 29.3. The van der Waals surface area contributed by atoms with Crippen LogP contribution in [0.25, 0.3) is 6.08 Å². The van der Waals surface area contributed by atoms with Gasteiger partial charge in [0.15, 0.2) is 0 Å². The van der Waals surface area contributed by atoms with Crippen molar-refractivity contribution in [2.75, 3.05) is 18.4 Å². The average Bonchev–Trinajstić information content (AvgIpc) is 2.87. The molecule has 0 bridgehead atoms. The molecule has 2 amide bonds. The highest BCUT2D eigenvalue weighted by molar-refractivity contribution is 8.04. The first kappa shape index (κ1) is 24.8. The van der Waals surface area contributed by atoms with Crippen LogP contribution in [0.1, 0.15) is 41.8 Å². The van der Waals surface area contributed by atoms with Crippen molar-refractivity contribution >= 4 is 35.3 Å². The zero-order chi connectivity index (χ0) is 24.6. The van der Waals surface area contributed by atoms with E-state index >= 15 is 0 Å². The van der Waals surface area contributed by atoms with E-state index in [1.165, 1.54) is 17.3 Å². The van der Waals surface area contributed by atoms with Crippen molar-refractivity contribution in [1.82, 2.24) is 10.2 Å². The van der Waals surface area contributed by atoms with Gasteiger partial charge in [-0.3, -0.25) is 14.5 Å². The number of nitrogens with zero attached hydrogens (tertiary/aromatic N) is 1. The van der Waals surface area contributed by atoms with Gasteiger partial charge in [0.1, 0.15) is 0 Å². The molecule has 1 aliphatic rings. The summed E-state index contributed by atoms with van der Waals surface area (Å²) in [6.45, 7) is 6.79. The Morgan fingerprint density at radius 2 is 1.74 bits per heavy atom. The second-order valence-electron chi connectivity index (χ2n) is 8.85. The van der Waals surface area contributed by atoms with Gasteiger partial charge in [0, 0.05) is 36.1 Å². The topological polar surface area (TPSA) is 61.4 Å². The number of anilines is 1. The molecular weight excluding hydrogens is 454 g/mol. The zero-order valence-corrected chi connectivity index (χ0v) is 21.0. The summed E-state index contributed by atoms with van der Waals surface area (Å²) in [6.07, 6.45) is 2.74. The van der Waals surface area contributed by atoms with Gasteiger partial charge in [-0.05, 0) is 55.7 Å². The number of hydrogen-bond acceptors (Lipinski definition) is 4. The third-order valence-corrected chi connectivity index (χ3v) is 7.00. The third-order valence-electron chi connectivity index (χ3n) is 5.90. The highest BCUT2D eigenvalue weighted by atomic mass is 32.2. The summed E-state index contributed by atoms with van der Waals surface area (Å²) in [6, 6.07) is 26.1. The minimum absolute atomic E-state index is 0.128. The maximum Gasteiger partial charge on any atom is 0.262 e. The molecule has 0 fully saturated rings. The molecular formula is C29H31N3O2S. The number of carbonyl (C=O) groups is 2. The number of benzene rings is 3. The van der Waals surface area contributed by atoms with Crippen LogP contribution in [0.4, 0.5) is 5.69 Å².